The molecule has 2 aromatic carbocycles. The maximum absolute atomic E-state index is 11.6. The molecule has 0 spiro atoms. The summed E-state index contributed by atoms with van der Waals surface area (Å²) in [6.07, 6.45) is 2.99. The Morgan fingerprint density at radius 2 is 1.79 bits per heavy atom. The van der Waals surface area contributed by atoms with Crippen molar-refractivity contribution < 1.29 is 14.3 Å². The van der Waals surface area contributed by atoms with Gasteiger partial charge in [-0.05, 0) is 30.7 Å². The molecule has 5 nitrogen and oxygen atoms in total. The van der Waals surface area contributed by atoms with E-state index in [1.807, 2.05) is 31.2 Å². The van der Waals surface area contributed by atoms with Gasteiger partial charge in [0.1, 0.15) is 5.75 Å². The van der Waals surface area contributed by atoms with Crippen molar-refractivity contribution in [3.63, 3.8) is 0 Å². The number of rotatable bonds is 5. The van der Waals surface area contributed by atoms with Gasteiger partial charge in [0, 0.05) is 6.08 Å². The van der Waals surface area contributed by atoms with E-state index < -0.39 is 11.8 Å². The lowest BCUT2D eigenvalue weighted by atomic mass is 10.1. The summed E-state index contributed by atoms with van der Waals surface area (Å²) in [5.41, 5.74) is 6.57. The Bertz CT molecular complexity index is 742. The molecule has 0 saturated heterocycles. The van der Waals surface area contributed by atoms with Gasteiger partial charge in [-0.3, -0.25) is 20.4 Å². The number of para-hydroxylation sites is 1. The number of halogens is 1. The Balaban J connectivity index is 1.74. The number of aryl methyl sites for hydroxylation is 1. The molecule has 0 atom stereocenters. The van der Waals surface area contributed by atoms with Crippen LogP contribution in [-0.4, -0.2) is 18.4 Å². The smallest absolute Gasteiger partial charge is 0.276 e. The van der Waals surface area contributed by atoms with Gasteiger partial charge in [0.15, 0.2) is 6.61 Å². The van der Waals surface area contributed by atoms with Crippen LogP contribution in [0.15, 0.2) is 54.6 Å². The topological polar surface area (TPSA) is 67.4 Å². The standard InChI is InChI=1S/C18H17ClN2O3/c1-13-6-8-14(9-7-13)10-11-17(22)20-21-18(23)12-24-16-5-3-2-4-15(16)19/h2-11H,12H2,1H3,(H,20,22)(H,21,23)/b11-10+. The van der Waals surface area contributed by atoms with E-state index in [1.165, 1.54) is 6.08 Å². The van der Waals surface area contributed by atoms with Crippen molar-refractivity contribution >= 4 is 29.5 Å². The van der Waals surface area contributed by atoms with E-state index in [9.17, 15) is 9.59 Å². The van der Waals surface area contributed by atoms with Gasteiger partial charge in [-0.2, -0.15) is 0 Å². The Morgan fingerprint density at radius 1 is 1.08 bits per heavy atom. The second kappa shape index (κ2) is 8.74. The van der Waals surface area contributed by atoms with Gasteiger partial charge >= 0.3 is 0 Å². The molecule has 124 valence electrons. The number of carbonyl (C=O) groups is 2. The van der Waals surface area contributed by atoms with Crippen molar-refractivity contribution in [2.75, 3.05) is 6.61 Å². The van der Waals surface area contributed by atoms with Crippen molar-refractivity contribution in [1.82, 2.24) is 10.9 Å². The summed E-state index contributed by atoms with van der Waals surface area (Å²) in [6.45, 7) is 1.73. The monoisotopic (exact) mass is 344 g/mol. The third-order valence-corrected chi connectivity index (χ3v) is 3.34. The fourth-order valence-corrected chi connectivity index (χ4v) is 1.95. The first-order valence-corrected chi connectivity index (χ1v) is 7.63. The summed E-state index contributed by atoms with van der Waals surface area (Å²) in [5.74, 6) is -0.534. The van der Waals surface area contributed by atoms with E-state index in [1.54, 1.807) is 30.3 Å². The van der Waals surface area contributed by atoms with Crippen LogP contribution in [0, 0.1) is 6.92 Å². The molecule has 0 aliphatic rings. The lowest BCUT2D eigenvalue weighted by Gasteiger charge is -2.08. The van der Waals surface area contributed by atoms with E-state index in [-0.39, 0.29) is 6.61 Å². The molecule has 2 N–H and O–H groups in total. The average Bonchev–Trinajstić information content (AvgIpc) is 2.58. The van der Waals surface area contributed by atoms with Gasteiger partial charge in [-0.15, -0.1) is 0 Å². The minimum Gasteiger partial charge on any atom is -0.482 e. The van der Waals surface area contributed by atoms with E-state index >= 15 is 0 Å². The van der Waals surface area contributed by atoms with Crippen LogP contribution in [0.5, 0.6) is 5.75 Å². The summed E-state index contributed by atoms with van der Waals surface area (Å²) >= 11 is 5.91. The largest absolute Gasteiger partial charge is 0.482 e. The molecule has 0 aliphatic heterocycles. The molecule has 2 rings (SSSR count). The predicted octanol–water partition coefficient (Wildman–Crippen LogP) is 2.89. The minimum atomic E-state index is -0.494. The highest BCUT2D eigenvalue weighted by molar-refractivity contribution is 6.32. The molecule has 0 aromatic heterocycles. The molecule has 0 unspecified atom stereocenters. The average molecular weight is 345 g/mol. The summed E-state index contributed by atoms with van der Waals surface area (Å²) in [6, 6.07) is 14.5. The predicted molar refractivity (Wildman–Crippen MR) is 93.4 cm³/mol. The molecular formula is C18H17ClN2O3. The number of hydrogen-bond donors (Lipinski definition) is 2. The lowest BCUT2D eigenvalue weighted by molar-refractivity contribution is -0.128. The van der Waals surface area contributed by atoms with Crippen molar-refractivity contribution in [3.05, 3.63) is 70.8 Å². The highest BCUT2D eigenvalue weighted by Gasteiger charge is 2.05. The quantitative estimate of drug-likeness (QED) is 0.647. The third kappa shape index (κ3) is 5.78. The Kier molecular flexibility index (Phi) is 6.40. The summed E-state index contributed by atoms with van der Waals surface area (Å²) in [4.78, 5) is 23.3. The van der Waals surface area contributed by atoms with E-state index in [0.29, 0.717) is 10.8 Å². The number of hydrogen-bond acceptors (Lipinski definition) is 3. The number of hydrazine groups is 1. The van der Waals surface area contributed by atoms with Gasteiger partial charge < -0.3 is 4.74 Å². The zero-order chi connectivity index (χ0) is 17.4. The molecule has 0 radical (unpaired) electrons. The van der Waals surface area contributed by atoms with Crippen LogP contribution in [0.1, 0.15) is 11.1 Å². The third-order valence-electron chi connectivity index (χ3n) is 3.03. The number of ether oxygens (including phenoxy) is 1. The molecule has 0 heterocycles. The summed E-state index contributed by atoms with van der Waals surface area (Å²) in [5, 5.41) is 0.412. The van der Waals surface area contributed by atoms with Crippen molar-refractivity contribution in [3.8, 4) is 5.75 Å². The van der Waals surface area contributed by atoms with Gasteiger partial charge in [-0.25, -0.2) is 0 Å². The van der Waals surface area contributed by atoms with Crippen LogP contribution in [0.2, 0.25) is 5.02 Å². The highest BCUT2D eigenvalue weighted by atomic mass is 35.5. The van der Waals surface area contributed by atoms with Crippen LogP contribution in [0.4, 0.5) is 0 Å². The zero-order valence-corrected chi connectivity index (χ0v) is 13.8. The molecule has 24 heavy (non-hydrogen) atoms. The minimum absolute atomic E-state index is 0.258. The van der Waals surface area contributed by atoms with Crippen molar-refractivity contribution in [1.29, 1.82) is 0 Å². The van der Waals surface area contributed by atoms with Gasteiger partial charge in [0.2, 0.25) is 0 Å². The zero-order valence-electron chi connectivity index (χ0n) is 13.1. The van der Waals surface area contributed by atoms with Gasteiger partial charge in [-0.1, -0.05) is 53.6 Å². The maximum Gasteiger partial charge on any atom is 0.276 e. The first-order chi connectivity index (χ1) is 11.5. The second-order valence-corrected chi connectivity index (χ2v) is 5.41. The molecule has 0 bridgehead atoms. The van der Waals surface area contributed by atoms with E-state index in [2.05, 4.69) is 10.9 Å². The van der Waals surface area contributed by atoms with Gasteiger partial charge in [0.25, 0.3) is 11.8 Å². The van der Waals surface area contributed by atoms with Crippen molar-refractivity contribution in [2.45, 2.75) is 6.92 Å². The number of amides is 2. The lowest BCUT2D eigenvalue weighted by Crippen LogP contribution is -2.43. The van der Waals surface area contributed by atoms with Crippen LogP contribution in [0.3, 0.4) is 0 Å². The van der Waals surface area contributed by atoms with Gasteiger partial charge in [0.05, 0.1) is 5.02 Å². The molecule has 0 fully saturated rings. The fourth-order valence-electron chi connectivity index (χ4n) is 1.76. The second-order valence-electron chi connectivity index (χ2n) is 5.00. The Labute approximate surface area is 145 Å². The number of benzene rings is 2. The first kappa shape index (κ1) is 17.6. The van der Waals surface area contributed by atoms with Crippen LogP contribution < -0.4 is 15.6 Å². The summed E-state index contributed by atoms with van der Waals surface area (Å²) < 4.78 is 5.26. The molecule has 2 aromatic rings. The Morgan fingerprint density at radius 3 is 2.50 bits per heavy atom. The van der Waals surface area contributed by atoms with Crippen molar-refractivity contribution in [2.24, 2.45) is 0 Å². The molecular weight excluding hydrogens is 328 g/mol. The maximum atomic E-state index is 11.6. The first-order valence-electron chi connectivity index (χ1n) is 7.25. The fraction of sp³-hybridized carbons (Fsp3) is 0.111. The number of carbonyl (C=O) groups excluding carboxylic acids is 2. The van der Waals surface area contributed by atoms with Crippen LogP contribution in [0.25, 0.3) is 6.08 Å². The van der Waals surface area contributed by atoms with E-state index in [4.69, 9.17) is 16.3 Å². The van der Waals surface area contributed by atoms with Crippen LogP contribution in [-0.2, 0) is 9.59 Å². The Hall–Kier alpha value is -2.79. The molecule has 2 amide bonds. The number of nitrogens with one attached hydrogen (secondary N) is 2. The SMILES string of the molecule is Cc1ccc(/C=C/C(=O)NNC(=O)COc2ccccc2Cl)cc1. The summed E-state index contributed by atoms with van der Waals surface area (Å²) in [7, 11) is 0. The van der Waals surface area contributed by atoms with Crippen LogP contribution >= 0.6 is 11.6 Å². The molecule has 0 saturated carbocycles. The van der Waals surface area contributed by atoms with E-state index in [0.717, 1.165) is 11.1 Å². The molecule has 6 heteroatoms. The normalized spacial score (nSPS) is 10.4. The molecule has 0 aliphatic carbocycles. The highest BCUT2D eigenvalue weighted by Crippen LogP contribution is 2.22.